The number of benzene rings is 1. The predicted octanol–water partition coefficient (Wildman–Crippen LogP) is 1.56. The molecule has 0 unspecified atom stereocenters. The number of para-hydroxylation sites is 1. The fourth-order valence-corrected chi connectivity index (χ4v) is 0.595. The second-order valence-corrected chi connectivity index (χ2v) is 1.60. The monoisotopic (exact) mass is 160 g/mol. The van der Waals surface area contributed by atoms with E-state index in [1.165, 1.54) is 6.26 Å². The summed E-state index contributed by atoms with van der Waals surface area (Å²) in [5.41, 5.74) is 0. The van der Waals surface area contributed by atoms with Gasteiger partial charge in [-0.15, -0.1) is 0 Å². The van der Waals surface area contributed by atoms with Gasteiger partial charge in [0.05, 0.1) is 6.26 Å². The van der Waals surface area contributed by atoms with Crippen molar-refractivity contribution in [3.8, 4) is 5.75 Å². The van der Waals surface area contributed by atoms with Crippen LogP contribution in [-0.4, -0.2) is 51.4 Å². The Labute approximate surface area is 104 Å². The molecular weight excluding hydrogens is 151 g/mol. The van der Waals surface area contributed by atoms with Crippen molar-refractivity contribution in [3.05, 3.63) is 43.2 Å². The molecule has 1 nitrogen and oxygen atoms in total. The summed E-state index contributed by atoms with van der Waals surface area (Å²) in [6.07, 6.45) is 1.41. The normalized spacial score (nSPS) is 7.60. The van der Waals surface area contributed by atoms with Crippen LogP contribution in [0, 0.1) is 0 Å². The third kappa shape index (κ3) is 3.54. The van der Waals surface area contributed by atoms with Gasteiger partial charge in [-0.05, 0) is 12.1 Å². The van der Waals surface area contributed by atoms with Crippen LogP contribution in [0.15, 0.2) is 43.2 Å². The second kappa shape index (κ2) is 6.13. The van der Waals surface area contributed by atoms with Crippen molar-refractivity contribution in [2.75, 3.05) is 0 Å². The summed E-state index contributed by atoms with van der Waals surface area (Å²) in [7, 11) is 0. The quantitative estimate of drug-likeness (QED) is 0.471. The van der Waals surface area contributed by atoms with Crippen molar-refractivity contribution in [2.24, 2.45) is 0 Å². The summed E-state index contributed by atoms with van der Waals surface area (Å²) in [4.78, 5) is 0. The van der Waals surface area contributed by atoms with Crippen LogP contribution < -0.4 is 4.74 Å². The van der Waals surface area contributed by atoms with Gasteiger partial charge in [0, 0.05) is 0 Å². The molecule has 0 aliphatic carbocycles. The minimum absolute atomic E-state index is 0. The molecule has 0 atom stereocenters. The molecule has 0 bridgehead atoms. The molecule has 0 amide bonds. The Bertz CT molecular complexity index is 184. The summed E-state index contributed by atoms with van der Waals surface area (Å²) < 4.78 is 4.97. The van der Waals surface area contributed by atoms with E-state index in [0.717, 1.165) is 5.75 Å². The van der Waals surface area contributed by atoms with Crippen molar-refractivity contribution in [2.45, 2.75) is 0 Å². The van der Waals surface area contributed by atoms with Gasteiger partial charge in [-0.1, -0.05) is 24.8 Å². The SMILES string of the molecule is C=COc1ccccc1.[KH]. The predicted molar refractivity (Wildman–Crippen MR) is 44.4 cm³/mol. The van der Waals surface area contributed by atoms with E-state index in [-0.39, 0.29) is 51.4 Å². The zero-order chi connectivity index (χ0) is 6.53. The number of hydrogen-bond acceptors (Lipinski definition) is 1. The van der Waals surface area contributed by atoms with Gasteiger partial charge in [-0.3, -0.25) is 0 Å². The summed E-state index contributed by atoms with van der Waals surface area (Å²) in [6.45, 7) is 3.43. The Balaban J connectivity index is 0.000000810. The van der Waals surface area contributed by atoms with Crippen LogP contribution in [0.1, 0.15) is 0 Å². The third-order valence-corrected chi connectivity index (χ3v) is 0.963. The first-order chi connectivity index (χ1) is 4.43. The summed E-state index contributed by atoms with van der Waals surface area (Å²) in [6, 6.07) is 9.52. The summed E-state index contributed by atoms with van der Waals surface area (Å²) in [5.74, 6) is 0.826. The van der Waals surface area contributed by atoms with E-state index in [1.54, 1.807) is 0 Å². The average molecular weight is 160 g/mol. The van der Waals surface area contributed by atoms with Gasteiger partial charge >= 0.3 is 51.4 Å². The molecule has 1 aromatic rings. The van der Waals surface area contributed by atoms with E-state index in [4.69, 9.17) is 4.74 Å². The van der Waals surface area contributed by atoms with E-state index in [2.05, 4.69) is 6.58 Å². The molecule has 1 aromatic carbocycles. The fraction of sp³-hybridized carbons (Fsp3) is 0. The van der Waals surface area contributed by atoms with Gasteiger partial charge in [-0.2, -0.15) is 0 Å². The molecule has 0 heterocycles. The van der Waals surface area contributed by atoms with Gasteiger partial charge in [0.2, 0.25) is 0 Å². The average Bonchev–Trinajstić information content (AvgIpc) is 1.91. The molecule has 48 valence electrons. The maximum absolute atomic E-state index is 4.97. The fourth-order valence-electron chi connectivity index (χ4n) is 0.595. The van der Waals surface area contributed by atoms with Crippen LogP contribution in [0.3, 0.4) is 0 Å². The van der Waals surface area contributed by atoms with Crippen molar-refractivity contribution < 1.29 is 4.74 Å². The molecule has 0 saturated carbocycles. The van der Waals surface area contributed by atoms with Crippen molar-refractivity contribution >= 4 is 51.4 Å². The van der Waals surface area contributed by atoms with Gasteiger partial charge in [0.25, 0.3) is 0 Å². The molecule has 10 heavy (non-hydrogen) atoms. The molecule has 0 aliphatic rings. The summed E-state index contributed by atoms with van der Waals surface area (Å²) in [5, 5.41) is 0. The minimum atomic E-state index is 0. The molecule has 1 rings (SSSR count). The Hall–Kier alpha value is 0.396. The number of ether oxygens (including phenoxy) is 1. The Morgan fingerprint density at radius 3 is 2.30 bits per heavy atom. The Morgan fingerprint density at radius 1 is 1.20 bits per heavy atom. The number of hydrogen-bond donors (Lipinski definition) is 0. The van der Waals surface area contributed by atoms with E-state index in [0.29, 0.717) is 0 Å². The molecule has 0 aliphatic heterocycles. The van der Waals surface area contributed by atoms with Crippen molar-refractivity contribution in [1.29, 1.82) is 0 Å². The van der Waals surface area contributed by atoms with E-state index >= 15 is 0 Å². The zero-order valence-corrected chi connectivity index (χ0v) is 5.08. The Morgan fingerprint density at radius 2 is 1.80 bits per heavy atom. The van der Waals surface area contributed by atoms with Crippen LogP contribution in [0.4, 0.5) is 0 Å². The Kier molecular flexibility index (Phi) is 6.37. The van der Waals surface area contributed by atoms with E-state index in [1.807, 2.05) is 30.3 Å². The third-order valence-electron chi connectivity index (χ3n) is 0.963. The molecular formula is C8H9KO. The van der Waals surface area contributed by atoms with E-state index < -0.39 is 0 Å². The topological polar surface area (TPSA) is 9.23 Å². The maximum atomic E-state index is 4.97. The molecule has 0 fully saturated rings. The first-order valence-corrected chi connectivity index (χ1v) is 2.76. The molecule has 2 heteroatoms. The van der Waals surface area contributed by atoms with Gasteiger partial charge in [0.1, 0.15) is 5.75 Å². The molecule has 0 spiro atoms. The first-order valence-electron chi connectivity index (χ1n) is 2.76. The van der Waals surface area contributed by atoms with Crippen molar-refractivity contribution in [3.63, 3.8) is 0 Å². The van der Waals surface area contributed by atoms with Crippen LogP contribution in [0.25, 0.3) is 0 Å². The van der Waals surface area contributed by atoms with Gasteiger partial charge in [-0.25, -0.2) is 0 Å². The molecule has 0 radical (unpaired) electrons. The first kappa shape index (κ1) is 10.4. The van der Waals surface area contributed by atoms with Crippen molar-refractivity contribution in [1.82, 2.24) is 0 Å². The summed E-state index contributed by atoms with van der Waals surface area (Å²) >= 11 is 0. The molecule has 0 aromatic heterocycles. The second-order valence-electron chi connectivity index (χ2n) is 1.60. The van der Waals surface area contributed by atoms with Crippen LogP contribution >= 0.6 is 0 Å². The van der Waals surface area contributed by atoms with Crippen LogP contribution in [-0.2, 0) is 0 Å². The number of rotatable bonds is 2. The van der Waals surface area contributed by atoms with Gasteiger partial charge in [0.15, 0.2) is 0 Å². The van der Waals surface area contributed by atoms with Crippen LogP contribution in [0.5, 0.6) is 5.75 Å². The molecule has 0 saturated heterocycles. The standard InChI is InChI=1S/C8H8O.K.H/c1-2-9-8-6-4-3-5-7-8;;/h2-7H,1H2;;. The zero-order valence-electron chi connectivity index (χ0n) is 5.08. The van der Waals surface area contributed by atoms with Gasteiger partial charge < -0.3 is 4.74 Å². The van der Waals surface area contributed by atoms with Crippen LogP contribution in [0.2, 0.25) is 0 Å². The van der Waals surface area contributed by atoms with E-state index in [9.17, 15) is 0 Å². The molecule has 0 N–H and O–H groups in total.